The highest BCUT2D eigenvalue weighted by Crippen LogP contribution is 2.21. The third kappa shape index (κ3) is 4.20. The first-order valence-corrected chi connectivity index (χ1v) is 6.51. The van der Waals surface area contributed by atoms with Crippen LogP contribution in [0.25, 0.3) is 0 Å². The van der Waals surface area contributed by atoms with Crippen molar-refractivity contribution in [2.45, 2.75) is 58.6 Å². The highest BCUT2D eigenvalue weighted by atomic mass is 16.6. The molecule has 0 saturated carbocycles. The van der Waals surface area contributed by atoms with Gasteiger partial charge in [0.2, 0.25) is 0 Å². The third-order valence-electron chi connectivity index (χ3n) is 2.69. The molecule has 1 heterocycles. The molecule has 1 saturated heterocycles. The summed E-state index contributed by atoms with van der Waals surface area (Å²) >= 11 is 0. The van der Waals surface area contributed by atoms with Gasteiger partial charge in [0.15, 0.2) is 0 Å². The molecule has 0 aromatic carbocycles. The van der Waals surface area contributed by atoms with Gasteiger partial charge in [-0.15, -0.1) is 0 Å². The largest absolute Gasteiger partial charge is 0.464 e. The van der Waals surface area contributed by atoms with Crippen LogP contribution in [0.4, 0.5) is 4.79 Å². The van der Waals surface area contributed by atoms with Gasteiger partial charge in [0.1, 0.15) is 11.6 Å². The summed E-state index contributed by atoms with van der Waals surface area (Å²) in [5.74, 6) is -0.331. The van der Waals surface area contributed by atoms with E-state index in [1.807, 2.05) is 20.8 Å². The van der Waals surface area contributed by atoms with Crippen molar-refractivity contribution in [1.29, 1.82) is 0 Å². The lowest BCUT2D eigenvalue weighted by Gasteiger charge is -2.35. The van der Waals surface area contributed by atoms with Crippen molar-refractivity contribution in [2.24, 2.45) is 0 Å². The van der Waals surface area contributed by atoms with Crippen LogP contribution in [-0.4, -0.2) is 41.8 Å². The molecule has 0 aliphatic carbocycles. The number of hydrogen-bond donors (Lipinski definition) is 0. The second-order valence-electron chi connectivity index (χ2n) is 5.44. The molecule has 0 spiro atoms. The molecule has 0 aromatic heterocycles. The second kappa shape index (κ2) is 6.07. The number of hydrogen-bond acceptors (Lipinski definition) is 4. The van der Waals surface area contributed by atoms with E-state index < -0.39 is 17.7 Å². The van der Waals surface area contributed by atoms with E-state index in [-0.39, 0.29) is 5.97 Å². The lowest BCUT2D eigenvalue weighted by Crippen LogP contribution is -2.50. The monoisotopic (exact) mass is 257 g/mol. The van der Waals surface area contributed by atoms with Crippen LogP contribution in [0.15, 0.2) is 0 Å². The maximum absolute atomic E-state index is 12.0. The summed E-state index contributed by atoms with van der Waals surface area (Å²) in [7, 11) is 0. The van der Waals surface area contributed by atoms with Crippen LogP contribution in [-0.2, 0) is 14.3 Å². The number of nitrogens with zero attached hydrogens (tertiary/aromatic N) is 1. The maximum atomic E-state index is 12.0. The van der Waals surface area contributed by atoms with Gasteiger partial charge in [-0.3, -0.25) is 4.90 Å². The summed E-state index contributed by atoms with van der Waals surface area (Å²) < 4.78 is 10.3. The number of esters is 1. The highest BCUT2D eigenvalue weighted by Gasteiger charge is 2.35. The van der Waals surface area contributed by atoms with Crippen molar-refractivity contribution >= 4 is 12.1 Å². The molecule has 1 atom stereocenters. The fourth-order valence-corrected chi connectivity index (χ4v) is 1.95. The van der Waals surface area contributed by atoms with Gasteiger partial charge >= 0.3 is 12.1 Å². The van der Waals surface area contributed by atoms with Crippen LogP contribution in [0.3, 0.4) is 0 Å². The van der Waals surface area contributed by atoms with Crippen LogP contribution in [0, 0.1) is 0 Å². The lowest BCUT2D eigenvalue weighted by molar-refractivity contribution is -0.150. The van der Waals surface area contributed by atoms with E-state index in [1.165, 1.54) is 4.90 Å². The molecular formula is C13H23NO4. The number of carbonyl (C=O) groups is 2. The van der Waals surface area contributed by atoms with Crippen LogP contribution in [0.5, 0.6) is 0 Å². The van der Waals surface area contributed by atoms with Gasteiger partial charge < -0.3 is 9.47 Å². The minimum atomic E-state index is -0.548. The molecule has 1 aliphatic heterocycles. The van der Waals surface area contributed by atoms with Crippen molar-refractivity contribution in [3.8, 4) is 0 Å². The summed E-state index contributed by atoms with van der Waals surface area (Å²) in [6, 6.07) is -0.492. The van der Waals surface area contributed by atoms with Gasteiger partial charge in [-0.25, -0.2) is 9.59 Å². The average Bonchev–Trinajstić information content (AvgIpc) is 2.27. The van der Waals surface area contributed by atoms with E-state index in [0.29, 0.717) is 19.6 Å². The van der Waals surface area contributed by atoms with Crippen LogP contribution in [0.2, 0.25) is 0 Å². The van der Waals surface area contributed by atoms with Crippen molar-refractivity contribution in [2.75, 3.05) is 13.2 Å². The van der Waals surface area contributed by atoms with Gasteiger partial charge in [0.05, 0.1) is 6.61 Å². The Labute approximate surface area is 108 Å². The van der Waals surface area contributed by atoms with E-state index >= 15 is 0 Å². The van der Waals surface area contributed by atoms with E-state index in [0.717, 1.165) is 12.8 Å². The summed E-state index contributed by atoms with van der Waals surface area (Å²) in [5, 5.41) is 0. The van der Waals surface area contributed by atoms with Crippen LogP contribution < -0.4 is 0 Å². The minimum absolute atomic E-state index is 0.331. The molecular weight excluding hydrogens is 234 g/mol. The molecule has 1 amide bonds. The van der Waals surface area contributed by atoms with Crippen molar-refractivity contribution in [3.63, 3.8) is 0 Å². The predicted octanol–water partition coefficient (Wildman–Crippen LogP) is 2.34. The Balaban J connectivity index is 2.70. The molecule has 5 nitrogen and oxygen atoms in total. The molecule has 1 fully saturated rings. The van der Waals surface area contributed by atoms with Crippen LogP contribution >= 0.6 is 0 Å². The number of carbonyl (C=O) groups excluding carboxylic acids is 2. The topological polar surface area (TPSA) is 55.8 Å². The molecule has 0 aromatic rings. The second-order valence-corrected chi connectivity index (χ2v) is 5.44. The quantitative estimate of drug-likeness (QED) is 0.712. The number of ether oxygens (including phenoxy) is 2. The summed E-state index contributed by atoms with van der Waals surface area (Å²) in [4.78, 5) is 25.3. The molecule has 1 aliphatic rings. The number of piperidine rings is 1. The Morgan fingerprint density at radius 1 is 1.28 bits per heavy atom. The summed E-state index contributed by atoms with van der Waals surface area (Å²) in [6.07, 6.45) is 2.05. The predicted molar refractivity (Wildman–Crippen MR) is 67.2 cm³/mol. The Bertz CT molecular complexity index is 309. The number of likely N-dealkylation sites (tertiary alicyclic amines) is 1. The molecule has 1 rings (SSSR count). The molecule has 0 bridgehead atoms. The zero-order valence-corrected chi connectivity index (χ0v) is 11.7. The van der Waals surface area contributed by atoms with Crippen LogP contribution in [0.1, 0.15) is 47.0 Å². The summed E-state index contributed by atoms with van der Waals surface area (Å²) in [6.45, 7) is 8.09. The van der Waals surface area contributed by atoms with E-state index in [4.69, 9.17) is 9.47 Å². The van der Waals surface area contributed by atoms with Gasteiger partial charge in [-0.05, 0) is 47.0 Å². The Hall–Kier alpha value is -1.26. The highest BCUT2D eigenvalue weighted by molar-refractivity contribution is 5.81. The first-order valence-electron chi connectivity index (χ1n) is 6.51. The van der Waals surface area contributed by atoms with Gasteiger partial charge in [0, 0.05) is 6.54 Å². The molecule has 5 heteroatoms. The Morgan fingerprint density at radius 2 is 1.94 bits per heavy atom. The fourth-order valence-electron chi connectivity index (χ4n) is 1.95. The van der Waals surface area contributed by atoms with E-state index in [2.05, 4.69) is 0 Å². The van der Waals surface area contributed by atoms with Crippen molar-refractivity contribution in [3.05, 3.63) is 0 Å². The van der Waals surface area contributed by atoms with Gasteiger partial charge in [0.25, 0.3) is 0 Å². The smallest absolute Gasteiger partial charge is 0.411 e. The summed E-state index contributed by atoms with van der Waals surface area (Å²) in [5.41, 5.74) is -0.548. The first-order chi connectivity index (χ1) is 8.35. The Morgan fingerprint density at radius 3 is 2.50 bits per heavy atom. The average molecular weight is 257 g/mol. The molecule has 0 unspecified atom stereocenters. The van der Waals surface area contributed by atoms with Gasteiger partial charge in [-0.1, -0.05) is 0 Å². The van der Waals surface area contributed by atoms with Crippen molar-refractivity contribution in [1.82, 2.24) is 4.90 Å². The minimum Gasteiger partial charge on any atom is -0.464 e. The normalized spacial score (nSPS) is 20.4. The standard InChI is InChI=1S/C13H23NO4/c1-5-17-11(15)10-8-6-7-9-14(10)12(16)18-13(2,3)4/h10H,5-9H2,1-4H3/t10-/m0/s1. The van der Waals surface area contributed by atoms with Crippen molar-refractivity contribution < 1.29 is 19.1 Å². The molecule has 104 valence electrons. The first kappa shape index (κ1) is 14.8. The van der Waals surface area contributed by atoms with Gasteiger partial charge in [-0.2, -0.15) is 0 Å². The third-order valence-corrected chi connectivity index (χ3v) is 2.69. The molecule has 0 N–H and O–H groups in total. The number of rotatable bonds is 2. The maximum Gasteiger partial charge on any atom is 0.411 e. The van der Waals surface area contributed by atoms with E-state index in [1.54, 1.807) is 6.92 Å². The molecule has 0 radical (unpaired) electrons. The van der Waals surface area contributed by atoms with E-state index in [9.17, 15) is 9.59 Å². The lowest BCUT2D eigenvalue weighted by atomic mass is 10.0. The zero-order chi connectivity index (χ0) is 13.8. The SMILES string of the molecule is CCOC(=O)[C@@H]1CCCCN1C(=O)OC(C)(C)C. The fraction of sp³-hybridized carbons (Fsp3) is 0.846. The Kier molecular flexibility index (Phi) is 4.99. The molecule has 18 heavy (non-hydrogen) atoms. The zero-order valence-electron chi connectivity index (χ0n) is 11.7. The number of amides is 1.